The molecule has 0 saturated heterocycles. The van der Waals surface area contributed by atoms with Gasteiger partial charge in [0, 0.05) is 34.6 Å². The predicted molar refractivity (Wildman–Crippen MR) is 86.1 cm³/mol. The van der Waals surface area contributed by atoms with E-state index in [9.17, 15) is 4.79 Å². The first-order valence-electron chi connectivity index (χ1n) is 6.77. The van der Waals surface area contributed by atoms with E-state index >= 15 is 0 Å². The van der Waals surface area contributed by atoms with Crippen molar-refractivity contribution in [2.45, 2.75) is 26.3 Å². The molecule has 0 unspecified atom stereocenters. The van der Waals surface area contributed by atoms with Crippen molar-refractivity contribution in [1.29, 1.82) is 0 Å². The van der Waals surface area contributed by atoms with Gasteiger partial charge >= 0.3 is 6.01 Å². The van der Waals surface area contributed by atoms with Crippen LogP contribution in [0.2, 0.25) is 10.0 Å². The summed E-state index contributed by atoms with van der Waals surface area (Å²) in [4.78, 5) is 15.7. The molecule has 0 aliphatic carbocycles. The summed E-state index contributed by atoms with van der Waals surface area (Å²) in [5.74, 6) is 0.336. The number of carbonyl (C=O) groups excluding carboxylic acids is 1. The summed E-state index contributed by atoms with van der Waals surface area (Å²) in [6.07, 6.45) is 0.318. The van der Waals surface area contributed by atoms with Gasteiger partial charge in [-0.15, -0.1) is 0 Å². The van der Waals surface area contributed by atoms with E-state index < -0.39 is 0 Å². The molecule has 8 heteroatoms. The normalized spacial score (nSPS) is 10.8. The Labute approximate surface area is 138 Å². The van der Waals surface area contributed by atoms with Crippen LogP contribution in [0.4, 0.5) is 6.01 Å². The molecule has 1 amide bonds. The van der Waals surface area contributed by atoms with Gasteiger partial charge in [0.05, 0.1) is 0 Å². The van der Waals surface area contributed by atoms with Gasteiger partial charge < -0.3 is 15.2 Å². The molecule has 0 spiro atoms. The molecule has 22 heavy (non-hydrogen) atoms. The van der Waals surface area contributed by atoms with Gasteiger partial charge in [0.15, 0.2) is 0 Å². The van der Waals surface area contributed by atoms with Crippen molar-refractivity contribution in [3.63, 3.8) is 0 Å². The molecule has 0 radical (unpaired) electrons. The van der Waals surface area contributed by atoms with Crippen molar-refractivity contribution in [3.8, 4) is 11.4 Å². The number of anilines is 1. The van der Waals surface area contributed by atoms with Crippen molar-refractivity contribution in [2.75, 3.05) is 11.9 Å². The van der Waals surface area contributed by atoms with Gasteiger partial charge in [-0.3, -0.25) is 4.79 Å². The minimum atomic E-state index is -0.0381. The number of amides is 1. The third kappa shape index (κ3) is 4.89. The molecule has 0 saturated carbocycles. The Morgan fingerprint density at radius 3 is 2.59 bits per heavy atom. The van der Waals surface area contributed by atoms with E-state index in [0.717, 1.165) is 0 Å². The lowest BCUT2D eigenvalue weighted by molar-refractivity contribution is -0.121. The fourth-order valence-corrected chi connectivity index (χ4v) is 2.30. The number of nitrogens with one attached hydrogen (secondary N) is 2. The molecule has 1 heterocycles. The first kappa shape index (κ1) is 16.6. The Balaban J connectivity index is 1.93. The Morgan fingerprint density at radius 2 is 1.95 bits per heavy atom. The highest BCUT2D eigenvalue weighted by Gasteiger charge is 2.10. The maximum Gasteiger partial charge on any atom is 0.321 e. The van der Waals surface area contributed by atoms with Gasteiger partial charge in [-0.25, -0.2) is 0 Å². The zero-order valence-electron chi connectivity index (χ0n) is 12.2. The molecule has 2 aromatic rings. The Morgan fingerprint density at radius 1 is 1.27 bits per heavy atom. The van der Waals surface area contributed by atoms with Crippen LogP contribution in [0, 0.1) is 0 Å². The van der Waals surface area contributed by atoms with Crippen LogP contribution in [0.15, 0.2) is 22.7 Å². The minimum absolute atomic E-state index is 0.0381. The largest absolute Gasteiger partial charge is 0.354 e. The lowest BCUT2D eigenvalue weighted by Gasteiger charge is -2.07. The van der Waals surface area contributed by atoms with Gasteiger partial charge in [0.2, 0.25) is 11.7 Å². The van der Waals surface area contributed by atoms with Crippen molar-refractivity contribution in [3.05, 3.63) is 28.2 Å². The SMILES string of the molecule is CC(C)NC(=O)CCNc1nc(-c2cc(Cl)cc(Cl)c2)no1. The van der Waals surface area contributed by atoms with Crippen molar-refractivity contribution < 1.29 is 9.32 Å². The van der Waals surface area contributed by atoms with E-state index in [1.165, 1.54) is 0 Å². The first-order chi connectivity index (χ1) is 10.4. The van der Waals surface area contributed by atoms with Crippen LogP contribution in [0.1, 0.15) is 20.3 Å². The number of benzene rings is 1. The second kappa shape index (κ2) is 7.47. The highest BCUT2D eigenvalue weighted by molar-refractivity contribution is 6.35. The fraction of sp³-hybridized carbons (Fsp3) is 0.357. The number of hydrogen-bond donors (Lipinski definition) is 2. The highest BCUT2D eigenvalue weighted by Crippen LogP contribution is 2.25. The lowest BCUT2D eigenvalue weighted by atomic mass is 10.2. The second-order valence-corrected chi connectivity index (χ2v) is 5.85. The second-order valence-electron chi connectivity index (χ2n) is 4.98. The van der Waals surface area contributed by atoms with E-state index in [0.29, 0.717) is 34.4 Å². The van der Waals surface area contributed by atoms with Crippen LogP contribution in [-0.4, -0.2) is 28.6 Å². The summed E-state index contributed by atoms with van der Waals surface area (Å²) in [7, 11) is 0. The maximum atomic E-state index is 11.5. The maximum absolute atomic E-state index is 11.5. The molecule has 118 valence electrons. The van der Waals surface area contributed by atoms with Crippen LogP contribution in [0.5, 0.6) is 0 Å². The average molecular weight is 343 g/mol. The zero-order valence-corrected chi connectivity index (χ0v) is 13.7. The molecule has 0 aliphatic heterocycles. The highest BCUT2D eigenvalue weighted by atomic mass is 35.5. The molecular weight excluding hydrogens is 327 g/mol. The number of hydrogen-bond acceptors (Lipinski definition) is 5. The molecule has 2 N–H and O–H groups in total. The molecule has 6 nitrogen and oxygen atoms in total. The van der Waals surface area contributed by atoms with Gasteiger partial charge in [-0.1, -0.05) is 28.4 Å². The smallest absolute Gasteiger partial charge is 0.321 e. The molecule has 0 bridgehead atoms. The lowest BCUT2D eigenvalue weighted by Crippen LogP contribution is -2.31. The minimum Gasteiger partial charge on any atom is -0.354 e. The standard InChI is InChI=1S/C14H16Cl2N4O2/c1-8(2)18-12(21)3-4-17-14-19-13(20-22-14)9-5-10(15)7-11(16)6-9/h5-8H,3-4H2,1-2H3,(H,18,21)(H,17,19,20). The Hall–Kier alpha value is -1.79. The molecule has 2 rings (SSSR count). The summed E-state index contributed by atoms with van der Waals surface area (Å²) in [6.45, 7) is 4.22. The van der Waals surface area contributed by atoms with E-state index in [1.807, 2.05) is 13.8 Å². The van der Waals surface area contributed by atoms with Crippen LogP contribution < -0.4 is 10.6 Å². The third-order valence-electron chi connectivity index (χ3n) is 2.62. The fourth-order valence-electron chi connectivity index (χ4n) is 1.77. The van der Waals surface area contributed by atoms with Crippen molar-refractivity contribution in [1.82, 2.24) is 15.5 Å². The Kier molecular flexibility index (Phi) is 5.63. The van der Waals surface area contributed by atoms with Crippen LogP contribution in [0.25, 0.3) is 11.4 Å². The molecule has 0 aliphatic rings. The van der Waals surface area contributed by atoms with Crippen molar-refractivity contribution >= 4 is 35.1 Å². The molecular formula is C14H16Cl2N4O2. The molecule has 0 atom stereocenters. The summed E-state index contributed by atoms with van der Waals surface area (Å²) >= 11 is 11.9. The van der Waals surface area contributed by atoms with Gasteiger partial charge in [0.25, 0.3) is 0 Å². The number of carbonyl (C=O) groups is 1. The first-order valence-corrected chi connectivity index (χ1v) is 7.53. The predicted octanol–water partition coefficient (Wildman–Crippen LogP) is 3.37. The topological polar surface area (TPSA) is 80.0 Å². The van der Waals surface area contributed by atoms with E-state index in [1.54, 1.807) is 18.2 Å². The van der Waals surface area contributed by atoms with E-state index in [-0.39, 0.29) is 18.0 Å². The quantitative estimate of drug-likeness (QED) is 0.841. The average Bonchev–Trinajstić information content (AvgIpc) is 2.85. The molecule has 1 aromatic carbocycles. The monoisotopic (exact) mass is 342 g/mol. The number of rotatable bonds is 6. The number of nitrogens with zero attached hydrogens (tertiary/aromatic N) is 2. The van der Waals surface area contributed by atoms with Crippen molar-refractivity contribution in [2.24, 2.45) is 0 Å². The summed E-state index contributed by atoms with van der Waals surface area (Å²) in [5.41, 5.74) is 0.659. The Bertz CT molecular complexity index is 638. The van der Waals surface area contributed by atoms with E-state index in [4.69, 9.17) is 27.7 Å². The summed E-state index contributed by atoms with van der Waals surface area (Å²) in [5, 5.41) is 10.5. The molecule has 1 aromatic heterocycles. The third-order valence-corrected chi connectivity index (χ3v) is 3.06. The zero-order chi connectivity index (χ0) is 16.1. The van der Waals surface area contributed by atoms with Crippen LogP contribution >= 0.6 is 23.2 Å². The van der Waals surface area contributed by atoms with Gasteiger partial charge in [-0.2, -0.15) is 4.98 Å². The van der Waals surface area contributed by atoms with Crippen LogP contribution in [-0.2, 0) is 4.79 Å². The van der Waals surface area contributed by atoms with E-state index in [2.05, 4.69) is 20.8 Å². The number of halogens is 2. The van der Waals surface area contributed by atoms with Gasteiger partial charge in [0.1, 0.15) is 0 Å². The molecule has 0 fully saturated rings. The summed E-state index contributed by atoms with van der Waals surface area (Å²) in [6, 6.07) is 5.37. The van der Waals surface area contributed by atoms with Crippen LogP contribution in [0.3, 0.4) is 0 Å². The van der Waals surface area contributed by atoms with Gasteiger partial charge in [-0.05, 0) is 32.0 Å². The summed E-state index contributed by atoms with van der Waals surface area (Å²) < 4.78 is 5.07. The number of aromatic nitrogens is 2.